The van der Waals surface area contributed by atoms with Crippen LogP contribution in [0.1, 0.15) is 22.0 Å². The first-order valence-electron chi connectivity index (χ1n) is 6.21. The normalized spacial score (nSPS) is 18.6. The van der Waals surface area contributed by atoms with Crippen LogP contribution < -0.4 is 0 Å². The van der Waals surface area contributed by atoms with E-state index in [1.54, 1.807) is 0 Å². The third-order valence-corrected chi connectivity index (χ3v) is 4.14. The summed E-state index contributed by atoms with van der Waals surface area (Å²) < 4.78 is 6.07. The fourth-order valence-corrected chi connectivity index (χ4v) is 3.49. The van der Waals surface area contributed by atoms with Crippen molar-refractivity contribution in [2.75, 3.05) is 0 Å². The lowest BCUT2D eigenvalue weighted by Gasteiger charge is -2.22. The van der Waals surface area contributed by atoms with Gasteiger partial charge in [-0.15, -0.1) is 0 Å². The van der Waals surface area contributed by atoms with Crippen LogP contribution >= 0.6 is 0 Å². The summed E-state index contributed by atoms with van der Waals surface area (Å²) in [4.78, 5) is 12.5. The Hall–Kier alpha value is -1.45. The molecular formula is C15H16O2Si. The minimum absolute atomic E-state index is 0.115. The van der Waals surface area contributed by atoms with E-state index < -0.39 is 14.4 Å². The van der Waals surface area contributed by atoms with Crippen LogP contribution in [0.2, 0.25) is 19.6 Å². The van der Waals surface area contributed by atoms with Gasteiger partial charge in [-0.25, -0.2) is 0 Å². The maximum Gasteiger partial charge on any atom is 0.195 e. The van der Waals surface area contributed by atoms with E-state index in [0.29, 0.717) is 0 Å². The summed E-state index contributed by atoms with van der Waals surface area (Å²) in [7, 11) is -1.74. The van der Waals surface area contributed by atoms with E-state index in [2.05, 4.69) is 19.6 Å². The first-order chi connectivity index (χ1) is 8.47. The van der Waals surface area contributed by atoms with Gasteiger partial charge in [0.25, 0.3) is 0 Å². The van der Waals surface area contributed by atoms with E-state index in [0.717, 1.165) is 21.9 Å². The molecule has 0 heterocycles. The van der Waals surface area contributed by atoms with Gasteiger partial charge in [0.05, 0.1) is 0 Å². The van der Waals surface area contributed by atoms with E-state index in [9.17, 15) is 4.79 Å². The Labute approximate surface area is 108 Å². The number of carbonyl (C=O) groups is 1. The minimum Gasteiger partial charge on any atom is -0.403 e. The summed E-state index contributed by atoms with van der Waals surface area (Å²) in [6.45, 7) is 6.34. The number of hydrogen-bond acceptors (Lipinski definition) is 2. The van der Waals surface area contributed by atoms with Crippen LogP contribution in [-0.4, -0.2) is 14.1 Å². The summed E-state index contributed by atoms with van der Waals surface area (Å²) in [6.07, 6.45) is -0.391. The number of rotatable bonds is 2. The van der Waals surface area contributed by atoms with Crippen LogP contribution in [0, 0.1) is 0 Å². The molecule has 2 nitrogen and oxygen atoms in total. The topological polar surface area (TPSA) is 26.3 Å². The maximum atomic E-state index is 12.5. The summed E-state index contributed by atoms with van der Waals surface area (Å²) >= 11 is 0. The highest BCUT2D eigenvalue weighted by Crippen LogP contribution is 2.39. The second kappa shape index (κ2) is 3.77. The third kappa shape index (κ3) is 1.71. The van der Waals surface area contributed by atoms with Crippen molar-refractivity contribution in [1.82, 2.24) is 0 Å². The highest BCUT2D eigenvalue weighted by atomic mass is 28.4. The predicted molar refractivity (Wildman–Crippen MR) is 75.5 cm³/mol. The molecule has 1 unspecified atom stereocenters. The molecule has 0 bridgehead atoms. The Morgan fingerprint density at radius 3 is 2.39 bits per heavy atom. The lowest BCUT2D eigenvalue weighted by molar-refractivity contribution is 0.0797. The van der Waals surface area contributed by atoms with Crippen molar-refractivity contribution in [3.63, 3.8) is 0 Å². The monoisotopic (exact) mass is 256 g/mol. The van der Waals surface area contributed by atoms with Crippen molar-refractivity contribution in [3.8, 4) is 0 Å². The number of Topliss-reactive ketones (excluding diaryl/α,β-unsaturated/α-hetero) is 1. The van der Waals surface area contributed by atoms with Gasteiger partial charge in [-0.2, -0.15) is 0 Å². The molecule has 3 heteroatoms. The summed E-state index contributed by atoms with van der Waals surface area (Å²) in [5.74, 6) is 0.115. The van der Waals surface area contributed by atoms with Crippen molar-refractivity contribution in [2.45, 2.75) is 25.7 Å². The van der Waals surface area contributed by atoms with Crippen molar-refractivity contribution < 1.29 is 9.22 Å². The van der Waals surface area contributed by atoms with Gasteiger partial charge >= 0.3 is 0 Å². The van der Waals surface area contributed by atoms with Crippen molar-refractivity contribution in [2.24, 2.45) is 0 Å². The van der Waals surface area contributed by atoms with E-state index in [4.69, 9.17) is 4.43 Å². The van der Waals surface area contributed by atoms with Gasteiger partial charge in [0, 0.05) is 5.56 Å². The molecule has 0 amide bonds. The van der Waals surface area contributed by atoms with E-state index >= 15 is 0 Å². The molecule has 0 saturated heterocycles. The van der Waals surface area contributed by atoms with Gasteiger partial charge in [-0.05, 0) is 36.0 Å². The first-order valence-corrected chi connectivity index (χ1v) is 9.62. The number of carbonyl (C=O) groups excluding carboxylic acids is 1. The standard InChI is InChI=1S/C15H16O2Si/c1-18(2,3)17-15-12-9-5-7-10-6-4-8-11(13(10)12)14(15)16/h4-9,15H,1-3H3. The molecule has 1 aliphatic rings. The summed E-state index contributed by atoms with van der Waals surface area (Å²) in [5.41, 5.74) is 1.85. The van der Waals surface area contributed by atoms with E-state index in [-0.39, 0.29) is 5.78 Å². The molecule has 0 aromatic heterocycles. The molecule has 3 rings (SSSR count). The average Bonchev–Trinajstić information content (AvgIpc) is 2.56. The summed E-state index contributed by atoms with van der Waals surface area (Å²) in [6, 6.07) is 12.0. The molecule has 92 valence electrons. The van der Waals surface area contributed by atoms with Gasteiger partial charge in [-0.3, -0.25) is 4.79 Å². The quantitative estimate of drug-likeness (QED) is 0.761. The van der Waals surface area contributed by atoms with Gasteiger partial charge in [0.2, 0.25) is 0 Å². The molecule has 0 aliphatic heterocycles. The molecule has 0 saturated carbocycles. The van der Waals surface area contributed by atoms with Crippen molar-refractivity contribution in [1.29, 1.82) is 0 Å². The van der Waals surface area contributed by atoms with Crippen LogP contribution in [-0.2, 0) is 4.43 Å². The van der Waals surface area contributed by atoms with Crippen LogP contribution in [0.25, 0.3) is 10.8 Å². The van der Waals surface area contributed by atoms with Gasteiger partial charge in [0.1, 0.15) is 6.10 Å². The smallest absolute Gasteiger partial charge is 0.195 e. The zero-order chi connectivity index (χ0) is 12.9. The van der Waals surface area contributed by atoms with Crippen molar-refractivity contribution in [3.05, 3.63) is 47.5 Å². The number of benzene rings is 2. The number of ketones is 1. The Bertz CT molecular complexity index is 635. The minimum atomic E-state index is -1.74. The third-order valence-electron chi connectivity index (χ3n) is 3.19. The average molecular weight is 256 g/mol. The molecular weight excluding hydrogens is 240 g/mol. The molecule has 0 spiro atoms. The fourth-order valence-electron chi connectivity index (χ4n) is 2.55. The lowest BCUT2D eigenvalue weighted by Crippen LogP contribution is -2.29. The number of hydrogen-bond donors (Lipinski definition) is 0. The Morgan fingerprint density at radius 2 is 1.72 bits per heavy atom. The predicted octanol–water partition coefficient (Wildman–Crippen LogP) is 3.93. The second-order valence-electron chi connectivity index (χ2n) is 5.73. The molecule has 18 heavy (non-hydrogen) atoms. The first kappa shape index (κ1) is 11.6. The largest absolute Gasteiger partial charge is 0.403 e. The van der Waals surface area contributed by atoms with Crippen molar-refractivity contribution >= 4 is 24.9 Å². The summed E-state index contributed by atoms with van der Waals surface area (Å²) in [5, 5.41) is 2.20. The zero-order valence-corrected chi connectivity index (χ0v) is 11.9. The van der Waals surface area contributed by atoms with Gasteiger partial charge < -0.3 is 4.43 Å². The van der Waals surface area contributed by atoms with Crippen LogP contribution in [0.5, 0.6) is 0 Å². The van der Waals surface area contributed by atoms with Gasteiger partial charge in [-0.1, -0.05) is 36.4 Å². The molecule has 2 aromatic carbocycles. The van der Waals surface area contributed by atoms with Crippen LogP contribution in [0.3, 0.4) is 0 Å². The molecule has 0 radical (unpaired) electrons. The highest BCUT2D eigenvalue weighted by Gasteiger charge is 2.36. The SMILES string of the molecule is C[Si](C)(C)OC1C(=O)c2cccc3cccc1c23. The second-order valence-corrected chi connectivity index (χ2v) is 10.2. The fraction of sp³-hybridized carbons (Fsp3) is 0.267. The molecule has 0 N–H and O–H groups in total. The zero-order valence-electron chi connectivity index (χ0n) is 10.9. The highest BCUT2D eigenvalue weighted by molar-refractivity contribution is 6.70. The Kier molecular flexibility index (Phi) is 2.43. The van der Waals surface area contributed by atoms with Gasteiger partial charge in [0.15, 0.2) is 14.1 Å². The van der Waals surface area contributed by atoms with E-state index in [1.165, 1.54) is 0 Å². The Morgan fingerprint density at radius 1 is 1.06 bits per heavy atom. The maximum absolute atomic E-state index is 12.5. The Balaban J connectivity index is 2.20. The molecule has 2 aromatic rings. The van der Waals surface area contributed by atoms with E-state index in [1.807, 2.05) is 36.4 Å². The molecule has 1 aliphatic carbocycles. The molecule has 1 atom stereocenters. The van der Waals surface area contributed by atoms with Crippen LogP contribution in [0.4, 0.5) is 0 Å². The lowest BCUT2D eigenvalue weighted by atomic mass is 10.1. The van der Waals surface area contributed by atoms with Crippen LogP contribution in [0.15, 0.2) is 36.4 Å². The molecule has 0 fully saturated rings.